The predicted octanol–water partition coefficient (Wildman–Crippen LogP) is 4.00. The minimum atomic E-state index is -0.901. The van der Waals surface area contributed by atoms with Crippen molar-refractivity contribution in [3.63, 3.8) is 0 Å². The fourth-order valence-corrected chi connectivity index (χ4v) is 1.88. The number of furan rings is 1. The van der Waals surface area contributed by atoms with Crippen LogP contribution in [0.3, 0.4) is 0 Å². The van der Waals surface area contributed by atoms with E-state index < -0.39 is 11.9 Å². The first kappa shape index (κ1) is 12.4. The molecule has 0 saturated carbocycles. The van der Waals surface area contributed by atoms with Crippen LogP contribution in [0.5, 0.6) is 0 Å². The Morgan fingerprint density at radius 1 is 1.24 bits per heavy atom. The van der Waals surface area contributed by atoms with Gasteiger partial charge in [-0.2, -0.15) is 0 Å². The third-order valence-corrected chi connectivity index (χ3v) is 2.99. The molecule has 1 atom stereocenters. The number of hydrogen-bond acceptors (Lipinski definition) is 2. The largest absolute Gasteiger partial charge is 0.447 e. The van der Waals surface area contributed by atoms with Gasteiger partial charge >= 0.3 is 0 Å². The Morgan fingerprint density at radius 2 is 2.00 bits per heavy atom. The minimum Gasteiger partial charge on any atom is -0.447 e. The standard InChI is InChI=1S/C12H9Cl2FO2/c13-11-5-4-10(17-11)9(16)6-7-2-1-3-8(15)12(7)14/h1-5,9,16H,6H2. The summed E-state index contributed by atoms with van der Waals surface area (Å²) in [5.41, 5.74) is 0.520. The van der Waals surface area contributed by atoms with Gasteiger partial charge in [0, 0.05) is 6.42 Å². The first-order valence-corrected chi connectivity index (χ1v) is 5.69. The molecule has 0 fully saturated rings. The first-order valence-electron chi connectivity index (χ1n) is 4.94. The summed E-state index contributed by atoms with van der Waals surface area (Å²) in [6.45, 7) is 0. The fraction of sp³-hybridized carbons (Fsp3) is 0.167. The zero-order chi connectivity index (χ0) is 12.4. The second-order valence-corrected chi connectivity index (χ2v) is 4.33. The normalized spacial score (nSPS) is 12.7. The Balaban J connectivity index is 2.18. The van der Waals surface area contributed by atoms with Crippen LogP contribution in [0.2, 0.25) is 10.2 Å². The lowest BCUT2D eigenvalue weighted by atomic mass is 10.1. The van der Waals surface area contributed by atoms with Crippen LogP contribution < -0.4 is 0 Å². The lowest BCUT2D eigenvalue weighted by Gasteiger charge is -2.09. The van der Waals surface area contributed by atoms with Crippen molar-refractivity contribution in [1.29, 1.82) is 0 Å². The molecule has 0 aliphatic carbocycles. The molecule has 17 heavy (non-hydrogen) atoms. The molecule has 0 bridgehead atoms. The zero-order valence-corrected chi connectivity index (χ0v) is 10.2. The van der Waals surface area contributed by atoms with E-state index in [9.17, 15) is 9.50 Å². The molecule has 5 heteroatoms. The summed E-state index contributed by atoms with van der Waals surface area (Å²) < 4.78 is 18.2. The van der Waals surface area contributed by atoms with Crippen molar-refractivity contribution in [1.82, 2.24) is 0 Å². The maximum absolute atomic E-state index is 13.2. The van der Waals surface area contributed by atoms with Crippen molar-refractivity contribution in [2.24, 2.45) is 0 Å². The molecule has 2 nitrogen and oxygen atoms in total. The molecule has 90 valence electrons. The van der Waals surface area contributed by atoms with Crippen LogP contribution >= 0.6 is 23.2 Å². The molecule has 0 spiro atoms. The summed E-state index contributed by atoms with van der Waals surface area (Å²) in [5.74, 6) is -0.177. The Bertz CT molecular complexity index is 525. The van der Waals surface area contributed by atoms with E-state index in [0.29, 0.717) is 11.3 Å². The molecule has 0 aliphatic heterocycles. The monoisotopic (exact) mass is 274 g/mol. The van der Waals surface area contributed by atoms with Crippen LogP contribution in [0.1, 0.15) is 17.4 Å². The van der Waals surface area contributed by atoms with Gasteiger partial charge in [-0.15, -0.1) is 0 Å². The molecule has 0 radical (unpaired) electrons. The summed E-state index contributed by atoms with van der Waals surface area (Å²) in [6, 6.07) is 7.56. The lowest BCUT2D eigenvalue weighted by molar-refractivity contribution is 0.150. The first-order chi connectivity index (χ1) is 8.08. The third kappa shape index (κ3) is 2.80. The SMILES string of the molecule is OC(Cc1cccc(F)c1Cl)c1ccc(Cl)o1. The molecule has 1 unspecified atom stereocenters. The van der Waals surface area contributed by atoms with Crippen molar-refractivity contribution < 1.29 is 13.9 Å². The molecular weight excluding hydrogens is 266 g/mol. The predicted molar refractivity (Wildman–Crippen MR) is 63.8 cm³/mol. The van der Waals surface area contributed by atoms with Gasteiger partial charge in [-0.25, -0.2) is 4.39 Å². The summed E-state index contributed by atoms with van der Waals surface area (Å²) in [6.07, 6.45) is -0.734. The number of hydrogen-bond donors (Lipinski definition) is 1. The third-order valence-electron chi connectivity index (χ3n) is 2.37. The average Bonchev–Trinajstić information content (AvgIpc) is 2.72. The van der Waals surface area contributed by atoms with Crippen LogP contribution in [0.25, 0.3) is 0 Å². The van der Waals surface area contributed by atoms with Gasteiger partial charge in [-0.1, -0.05) is 23.7 Å². The van der Waals surface area contributed by atoms with Crippen LogP contribution in [0.15, 0.2) is 34.7 Å². The van der Waals surface area contributed by atoms with E-state index in [1.54, 1.807) is 18.2 Å². The molecule has 2 aromatic rings. The van der Waals surface area contributed by atoms with Gasteiger partial charge in [0.25, 0.3) is 0 Å². The summed E-state index contributed by atoms with van der Waals surface area (Å²) in [7, 11) is 0. The number of benzene rings is 1. The highest BCUT2D eigenvalue weighted by atomic mass is 35.5. The topological polar surface area (TPSA) is 33.4 Å². The summed E-state index contributed by atoms with van der Waals surface area (Å²) >= 11 is 11.4. The van der Waals surface area contributed by atoms with E-state index in [0.717, 1.165) is 0 Å². The highest BCUT2D eigenvalue weighted by Crippen LogP contribution is 2.27. The maximum Gasteiger partial charge on any atom is 0.193 e. The van der Waals surface area contributed by atoms with Gasteiger partial charge in [-0.05, 0) is 35.4 Å². The Kier molecular flexibility index (Phi) is 3.72. The molecule has 2 rings (SSSR count). The molecular formula is C12H9Cl2FO2. The van der Waals surface area contributed by atoms with Crippen LogP contribution in [0.4, 0.5) is 4.39 Å². The maximum atomic E-state index is 13.2. The molecule has 0 aliphatic rings. The number of rotatable bonds is 3. The van der Waals surface area contributed by atoms with E-state index in [-0.39, 0.29) is 16.7 Å². The van der Waals surface area contributed by atoms with Crippen LogP contribution in [-0.4, -0.2) is 5.11 Å². The van der Waals surface area contributed by atoms with E-state index in [2.05, 4.69) is 0 Å². The van der Waals surface area contributed by atoms with Gasteiger partial charge in [0.05, 0.1) is 5.02 Å². The minimum absolute atomic E-state index is 0.0178. The zero-order valence-electron chi connectivity index (χ0n) is 8.66. The molecule has 0 amide bonds. The molecule has 1 aromatic carbocycles. The second-order valence-electron chi connectivity index (χ2n) is 3.57. The average molecular weight is 275 g/mol. The van der Waals surface area contributed by atoms with Crippen LogP contribution in [-0.2, 0) is 6.42 Å². The smallest absolute Gasteiger partial charge is 0.193 e. The summed E-state index contributed by atoms with van der Waals surface area (Å²) in [5, 5.41) is 10.1. The molecule has 1 N–H and O–H groups in total. The Hall–Kier alpha value is -1.03. The van der Waals surface area contributed by atoms with E-state index in [4.69, 9.17) is 27.6 Å². The number of aliphatic hydroxyl groups excluding tert-OH is 1. The Labute approximate surface area is 108 Å². The number of aliphatic hydroxyl groups is 1. The highest BCUT2D eigenvalue weighted by Gasteiger charge is 2.15. The molecule has 0 saturated heterocycles. The van der Waals surface area contributed by atoms with Crippen molar-refractivity contribution in [3.05, 3.63) is 57.7 Å². The van der Waals surface area contributed by atoms with Gasteiger partial charge in [0.1, 0.15) is 17.7 Å². The quantitative estimate of drug-likeness (QED) is 0.918. The van der Waals surface area contributed by atoms with Crippen molar-refractivity contribution in [2.45, 2.75) is 12.5 Å². The number of halogens is 3. The van der Waals surface area contributed by atoms with Gasteiger partial charge in [0.15, 0.2) is 5.22 Å². The van der Waals surface area contributed by atoms with E-state index >= 15 is 0 Å². The fourth-order valence-electron chi connectivity index (χ4n) is 1.52. The van der Waals surface area contributed by atoms with Crippen molar-refractivity contribution >= 4 is 23.2 Å². The molecule has 1 aromatic heterocycles. The van der Waals surface area contributed by atoms with Crippen molar-refractivity contribution in [2.75, 3.05) is 0 Å². The van der Waals surface area contributed by atoms with Crippen LogP contribution in [0, 0.1) is 5.82 Å². The highest BCUT2D eigenvalue weighted by molar-refractivity contribution is 6.31. The Morgan fingerprint density at radius 3 is 2.65 bits per heavy atom. The van der Waals surface area contributed by atoms with Gasteiger partial charge < -0.3 is 9.52 Å². The lowest BCUT2D eigenvalue weighted by Crippen LogP contribution is -2.01. The van der Waals surface area contributed by atoms with Crippen molar-refractivity contribution in [3.8, 4) is 0 Å². The second kappa shape index (κ2) is 5.08. The molecule has 1 heterocycles. The summed E-state index contributed by atoms with van der Waals surface area (Å²) in [4.78, 5) is 0. The van der Waals surface area contributed by atoms with Gasteiger partial charge in [0.2, 0.25) is 0 Å². The van der Waals surface area contributed by atoms with E-state index in [1.807, 2.05) is 0 Å². The van der Waals surface area contributed by atoms with E-state index in [1.165, 1.54) is 12.1 Å². The van der Waals surface area contributed by atoms with Gasteiger partial charge in [-0.3, -0.25) is 0 Å².